The summed E-state index contributed by atoms with van der Waals surface area (Å²) in [5.41, 5.74) is 0.725. The van der Waals surface area contributed by atoms with Crippen molar-refractivity contribution in [2.45, 2.75) is 18.6 Å². The number of hydrogen-bond donors (Lipinski definition) is 2. The van der Waals surface area contributed by atoms with Gasteiger partial charge in [0.15, 0.2) is 5.96 Å². The van der Waals surface area contributed by atoms with Gasteiger partial charge in [-0.2, -0.15) is 11.8 Å². The fourth-order valence-electron chi connectivity index (χ4n) is 1.56. The smallest absolute Gasteiger partial charge is 0.191 e. The quantitative estimate of drug-likeness (QED) is 0.621. The lowest BCUT2D eigenvalue weighted by molar-refractivity contribution is 0.606. The summed E-state index contributed by atoms with van der Waals surface area (Å²) in [6, 6.07) is 6.85. The van der Waals surface area contributed by atoms with Crippen LogP contribution in [0.2, 0.25) is 0 Å². The lowest BCUT2D eigenvalue weighted by Gasteiger charge is -2.14. The van der Waals surface area contributed by atoms with Crippen LogP contribution in [-0.2, 0) is 6.42 Å². The van der Waals surface area contributed by atoms with Crippen molar-refractivity contribution in [3.63, 3.8) is 0 Å². The highest BCUT2D eigenvalue weighted by atomic mass is 32.2. The molecule has 0 bridgehead atoms. The number of hydrogen-bond acceptors (Lipinski definition) is 2. The van der Waals surface area contributed by atoms with Crippen LogP contribution in [0.15, 0.2) is 29.3 Å². The first-order chi connectivity index (χ1) is 9.17. The number of benzene rings is 1. The zero-order chi connectivity index (χ0) is 14.1. The van der Waals surface area contributed by atoms with Gasteiger partial charge >= 0.3 is 0 Å². The van der Waals surface area contributed by atoms with Crippen LogP contribution in [0.5, 0.6) is 0 Å². The van der Waals surface area contributed by atoms with Gasteiger partial charge in [-0.25, -0.2) is 4.39 Å². The van der Waals surface area contributed by atoms with Gasteiger partial charge in [-0.1, -0.05) is 25.1 Å². The second-order valence-electron chi connectivity index (χ2n) is 4.27. The van der Waals surface area contributed by atoms with E-state index >= 15 is 0 Å². The van der Waals surface area contributed by atoms with E-state index < -0.39 is 0 Å². The molecule has 0 aliphatic heterocycles. The number of guanidine groups is 1. The molecular weight excluding hydrogens is 261 g/mol. The second kappa shape index (κ2) is 8.80. The lowest BCUT2D eigenvalue weighted by Crippen LogP contribution is -2.40. The van der Waals surface area contributed by atoms with Crippen LogP contribution in [-0.4, -0.2) is 37.6 Å². The monoisotopic (exact) mass is 283 g/mol. The normalized spacial score (nSPS) is 13.2. The first kappa shape index (κ1) is 15.8. The zero-order valence-corrected chi connectivity index (χ0v) is 12.6. The Labute approximate surface area is 119 Å². The topological polar surface area (TPSA) is 36.4 Å². The van der Waals surface area contributed by atoms with E-state index in [1.807, 2.05) is 12.1 Å². The van der Waals surface area contributed by atoms with Crippen LogP contribution in [0.4, 0.5) is 4.39 Å². The zero-order valence-electron chi connectivity index (χ0n) is 11.7. The molecule has 0 aliphatic carbocycles. The van der Waals surface area contributed by atoms with Gasteiger partial charge in [0.25, 0.3) is 0 Å². The Morgan fingerprint density at radius 3 is 2.74 bits per heavy atom. The summed E-state index contributed by atoms with van der Waals surface area (Å²) in [7, 11) is 1.74. The molecule has 1 rings (SSSR count). The summed E-state index contributed by atoms with van der Waals surface area (Å²) < 4.78 is 13.4. The third kappa shape index (κ3) is 5.96. The summed E-state index contributed by atoms with van der Waals surface area (Å²) in [5, 5.41) is 6.97. The molecule has 19 heavy (non-hydrogen) atoms. The largest absolute Gasteiger partial charge is 0.356 e. The van der Waals surface area contributed by atoms with E-state index in [-0.39, 0.29) is 5.82 Å². The Morgan fingerprint density at radius 2 is 2.11 bits per heavy atom. The number of thioether (sulfide) groups is 1. The van der Waals surface area contributed by atoms with E-state index in [4.69, 9.17) is 0 Å². The Hall–Kier alpha value is -1.23. The standard InChI is InChI=1S/C14H22FN3S/c1-11(19-3)10-18-14(16-2)17-9-8-12-6-4-5-7-13(12)15/h4-7,11H,8-10H2,1-3H3,(H2,16,17,18). The van der Waals surface area contributed by atoms with Gasteiger partial charge in [0, 0.05) is 25.4 Å². The molecule has 3 nitrogen and oxygen atoms in total. The third-order valence-corrected chi connectivity index (χ3v) is 3.80. The predicted octanol–water partition coefficient (Wildman–Crippen LogP) is 2.28. The van der Waals surface area contributed by atoms with Gasteiger partial charge in [0.2, 0.25) is 0 Å². The molecule has 0 saturated heterocycles. The molecule has 106 valence electrons. The fraction of sp³-hybridized carbons (Fsp3) is 0.500. The molecule has 0 amide bonds. The maximum Gasteiger partial charge on any atom is 0.191 e. The van der Waals surface area contributed by atoms with Crippen molar-refractivity contribution >= 4 is 17.7 Å². The summed E-state index contributed by atoms with van der Waals surface area (Å²) >= 11 is 1.81. The second-order valence-corrected chi connectivity index (χ2v) is 5.54. The summed E-state index contributed by atoms with van der Waals surface area (Å²) in [5.74, 6) is 0.612. The van der Waals surface area contributed by atoms with Crippen molar-refractivity contribution in [3.05, 3.63) is 35.6 Å². The molecule has 1 aromatic rings. The molecule has 0 aliphatic rings. The lowest BCUT2D eigenvalue weighted by atomic mass is 10.1. The molecule has 2 N–H and O–H groups in total. The molecule has 1 unspecified atom stereocenters. The minimum atomic E-state index is -0.150. The molecular formula is C14H22FN3S. The van der Waals surface area contributed by atoms with Gasteiger partial charge in [-0.3, -0.25) is 4.99 Å². The summed E-state index contributed by atoms with van der Waals surface area (Å²) in [6.45, 7) is 3.68. The van der Waals surface area contributed by atoms with E-state index in [0.717, 1.165) is 18.1 Å². The number of nitrogens with one attached hydrogen (secondary N) is 2. The van der Waals surface area contributed by atoms with E-state index in [0.29, 0.717) is 18.2 Å². The molecule has 0 spiro atoms. The SMILES string of the molecule is CN=C(NCCc1ccccc1F)NCC(C)SC. The summed E-state index contributed by atoms with van der Waals surface area (Å²) in [4.78, 5) is 4.14. The predicted molar refractivity (Wildman–Crippen MR) is 82.4 cm³/mol. The molecule has 0 heterocycles. The number of nitrogens with zero attached hydrogens (tertiary/aromatic N) is 1. The average Bonchev–Trinajstić information content (AvgIpc) is 2.44. The van der Waals surface area contributed by atoms with Crippen molar-refractivity contribution in [3.8, 4) is 0 Å². The van der Waals surface area contributed by atoms with Crippen LogP contribution in [0, 0.1) is 5.82 Å². The molecule has 5 heteroatoms. The highest BCUT2D eigenvalue weighted by molar-refractivity contribution is 7.99. The third-order valence-electron chi connectivity index (χ3n) is 2.83. The van der Waals surface area contributed by atoms with Gasteiger partial charge in [0.1, 0.15) is 5.82 Å². The Morgan fingerprint density at radius 1 is 1.37 bits per heavy atom. The van der Waals surface area contributed by atoms with Crippen molar-refractivity contribution in [1.29, 1.82) is 0 Å². The van der Waals surface area contributed by atoms with Crippen LogP contribution in [0.25, 0.3) is 0 Å². The first-order valence-electron chi connectivity index (χ1n) is 6.38. The van der Waals surface area contributed by atoms with E-state index in [2.05, 4.69) is 28.8 Å². The molecule has 1 aromatic carbocycles. The maximum absolute atomic E-state index is 13.4. The Kier molecular flexibility index (Phi) is 7.33. The minimum Gasteiger partial charge on any atom is -0.356 e. The van der Waals surface area contributed by atoms with Crippen molar-refractivity contribution in [1.82, 2.24) is 10.6 Å². The van der Waals surface area contributed by atoms with Crippen LogP contribution in [0.3, 0.4) is 0 Å². The van der Waals surface area contributed by atoms with Crippen molar-refractivity contribution in [2.75, 3.05) is 26.4 Å². The van der Waals surface area contributed by atoms with E-state index in [1.165, 1.54) is 6.07 Å². The van der Waals surface area contributed by atoms with Gasteiger partial charge in [-0.15, -0.1) is 0 Å². The highest BCUT2D eigenvalue weighted by Gasteiger charge is 2.03. The van der Waals surface area contributed by atoms with Crippen LogP contribution < -0.4 is 10.6 Å². The summed E-state index contributed by atoms with van der Waals surface area (Å²) in [6.07, 6.45) is 2.73. The van der Waals surface area contributed by atoms with Gasteiger partial charge in [0.05, 0.1) is 0 Å². The molecule has 1 atom stereocenters. The molecule has 0 aromatic heterocycles. The molecule has 0 fully saturated rings. The Balaban J connectivity index is 2.33. The van der Waals surface area contributed by atoms with E-state index in [9.17, 15) is 4.39 Å². The van der Waals surface area contributed by atoms with Crippen LogP contribution in [0.1, 0.15) is 12.5 Å². The average molecular weight is 283 g/mol. The first-order valence-corrected chi connectivity index (χ1v) is 7.67. The Bertz CT molecular complexity index is 409. The minimum absolute atomic E-state index is 0.150. The highest BCUT2D eigenvalue weighted by Crippen LogP contribution is 2.06. The molecule has 0 radical (unpaired) electrons. The number of aliphatic imine (C=N–C) groups is 1. The van der Waals surface area contributed by atoms with Crippen LogP contribution >= 0.6 is 11.8 Å². The fourth-order valence-corrected chi connectivity index (χ4v) is 1.81. The number of halogens is 1. The van der Waals surface area contributed by atoms with E-state index in [1.54, 1.807) is 24.9 Å². The van der Waals surface area contributed by atoms with Crippen molar-refractivity contribution in [2.24, 2.45) is 4.99 Å². The van der Waals surface area contributed by atoms with Gasteiger partial charge < -0.3 is 10.6 Å². The van der Waals surface area contributed by atoms with Crippen molar-refractivity contribution < 1.29 is 4.39 Å². The molecule has 0 saturated carbocycles. The number of rotatable bonds is 6. The maximum atomic E-state index is 13.4. The van der Waals surface area contributed by atoms with Gasteiger partial charge in [-0.05, 0) is 24.3 Å².